The Morgan fingerprint density at radius 2 is 1.92 bits per heavy atom. The third kappa shape index (κ3) is 3.81. The van der Waals surface area contributed by atoms with Gasteiger partial charge in [-0.1, -0.05) is 31.4 Å². The third-order valence-corrected chi connectivity index (χ3v) is 6.02. The predicted molar refractivity (Wildman–Crippen MR) is 95.5 cm³/mol. The second kappa shape index (κ2) is 7.51. The van der Waals surface area contributed by atoms with E-state index in [2.05, 4.69) is 16.8 Å². The molecule has 2 aliphatic rings. The van der Waals surface area contributed by atoms with Crippen LogP contribution in [-0.2, 0) is 5.60 Å². The Balaban J connectivity index is 1.81. The Kier molecular flexibility index (Phi) is 5.58. The molecule has 1 aliphatic carbocycles. The fourth-order valence-electron chi connectivity index (χ4n) is 4.28. The lowest BCUT2D eigenvalue weighted by molar-refractivity contribution is -0.0465. The minimum Gasteiger partial charge on any atom is -0.385 e. The van der Waals surface area contributed by atoms with Crippen LogP contribution in [0.4, 0.5) is 4.39 Å². The van der Waals surface area contributed by atoms with Crippen LogP contribution in [0.15, 0.2) is 18.2 Å². The van der Waals surface area contributed by atoms with Crippen molar-refractivity contribution in [1.82, 2.24) is 9.80 Å². The normalized spacial score (nSPS) is 30.2. The highest BCUT2D eigenvalue weighted by Gasteiger charge is 2.40. The molecule has 0 radical (unpaired) electrons. The first-order chi connectivity index (χ1) is 11.5. The first-order valence-electron chi connectivity index (χ1n) is 9.39. The molecule has 1 N–H and O–H groups in total. The summed E-state index contributed by atoms with van der Waals surface area (Å²) in [7, 11) is 2.17. The second-order valence-corrected chi connectivity index (χ2v) is 7.79. The van der Waals surface area contributed by atoms with E-state index in [1.807, 2.05) is 6.07 Å². The Morgan fingerprint density at radius 1 is 1.17 bits per heavy atom. The summed E-state index contributed by atoms with van der Waals surface area (Å²) in [5.74, 6) is 0.0415. The van der Waals surface area contributed by atoms with E-state index in [4.69, 9.17) is 0 Å². The predicted octanol–water partition coefficient (Wildman–Crippen LogP) is 3.15. The van der Waals surface area contributed by atoms with Crippen LogP contribution in [0.3, 0.4) is 0 Å². The Hall–Kier alpha value is -0.970. The van der Waals surface area contributed by atoms with E-state index in [1.54, 1.807) is 13.0 Å². The van der Waals surface area contributed by atoms with Crippen molar-refractivity contribution in [3.63, 3.8) is 0 Å². The molecule has 134 valence electrons. The molecule has 1 saturated carbocycles. The highest BCUT2D eigenvalue weighted by Crippen LogP contribution is 2.41. The van der Waals surface area contributed by atoms with Gasteiger partial charge in [-0.05, 0) is 44.0 Å². The van der Waals surface area contributed by atoms with E-state index in [-0.39, 0.29) is 11.7 Å². The van der Waals surface area contributed by atoms with Crippen LogP contribution in [-0.4, -0.2) is 54.7 Å². The molecule has 1 aromatic carbocycles. The number of aryl methyl sites for hydroxylation is 1. The van der Waals surface area contributed by atoms with Crippen LogP contribution in [0.1, 0.15) is 43.2 Å². The second-order valence-electron chi connectivity index (χ2n) is 7.79. The maximum Gasteiger partial charge on any atom is 0.126 e. The summed E-state index contributed by atoms with van der Waals surface area (Å²) >= 11 is 0. The fraction of sp³-hybridized carbons (Fsp3) is 0.700. The average molecular weight is 334 g/mol. The van der Waals surface area contributed by atoms with E-state index in [1.165, 1.54) is 18.9 Å². The third-order valence-electron chi connectivity index (χ3n) is 6.02. The number of benzene rings is 1. The molecular weight excluding hydrogens is 303 g/mol. The van der Waals surface area contributed by atoms with Crippen molar-refractivity contribution in [2.75, 3.05) is 39.8 Å². The molecule has 4 heteroatoms. The molecule has 0 spiro atoms. The Bertz CT molecular complexity index is 557. The summed E-state index contributed by atoms with van der Waals surface area (Å²) < 4.78 is 13.7. The molecule has 1 saturated heterocycles. The van der Waals surface area contributed by atoms with Crippen LogP contribution >= 0.6 is 0 Å². The zero-order valence-corrected chi connectivity index (χ0v) is 15.1. The SMILES string of the molecule is Cc1cc(C2(O)CCCCCC2CN2CCN(C)CC2)ccc1F. The van der Waals surface area contributed by atoms with E-state index < -0.39 is 5.60 Å². The van der Waals surface area contributed by atoms with E-state index in [9.17, 15) is 9.50 Å². The Morgan fingerprint density at radius 3 is 2.62 bits per heavy atom. The van der Waals surface area contributed by atoms with Gasteiger partial charge in [0.05, 0.1) is 5.60 Å². The van der Waals surface area contributed by atoms with Crippen molar-refractivity contribution < 1.29 is 9.50 Å². The quantitative estimate of drug-likeness (QED) is 0.860. The van der Waals surface area contributed by atoms with Gasteiger partial charge in [0.25, 0.3) is 0 Å². The van der Waals surface area contributed by atoms with Crippen LogP contribution in [0.25, 0.3) is 0 Å². The molecular formula is C20H31FN2O. The minimum atomic E-state index is -0.821. The largest absolute Gasteiger partial charge is 0.385 e. The lowest BCUT2D eigenvalue weighted by Gasteiger charge is -2.41. The zero-order valence-electron chi connectivity index (χ0n) is 15.1. The smallest absolute Gasteiger partial charge is 0.126 e. The number of aliphatic hydroxyl groups is 1. The lowest BCUT2D eigenvalue weighted by atomic mass is 9.77. The molecule has 0 amide bonds. The number of hydrogen-bond donors (Lipinski definition) is 1. The molecule has 3 nitrogen and oxygen atoms in total. The highest BCUT2D eigenvalue weighted by atomic mass is 19.1. The minimum absolute atomic E-state index is 0.188. The first-order valence-corrected chi connectivity index (χ1v) is 9.39. The molecule has 2 atom stereocenters. The summed E-state index contributed by atoms with van der Waals surface area (Å²) in [6.45, 7) is 7.08. The molecule has 1 heterocycles. The summed E-state index contributed by atoms with van der Waals surface area (Å²) in [4.78, 5) is 4.86. The summed E-state index contributed by atoms with van der Waals surface area (Å²) in [5, 5.41) is 11.6. The molecule has 0 aromatic heterocycles. The number of rotatable bonds is 3. The van der Waals surface area contributed by atoms with E-state index in [0.29, 0.717) is 5.56 Å². The number of nitrogens with zero attached hydrogens (tertiary/aromatic N) is 2. The average Bonchev–Trinajstić information content (AvgIpc) is 2.75. The van der Waals surface area contributed by atoms with Crippen molar-refractivity contribution in [2.24, 2.45) is 5.92 Å². The lowest BCUT2D eigenvalue weighted by Crippen LogP contribution is -2.49. The van der Waals surface area contributed by atoms with Gasteiger partial charge >= 0.3 is 0 Å². The van der Waals surface area contributed by atoms with Gasteiger partial charge in [0.2, 0.25) is 0 Å². The van der Waals surface area contributed by atoms with Crippen LogP contribution in [0, 0.1) is 18.7 Å². The van der Waals surface area contributed by atoms with Crippen molar-refractivity contribution in [1.29, 1.82) is 0 Å². The summed E-state index contributed by atoms with van der Waals surface area (Å²) in [6, 6.07) is 5.17. The van der Waals surface area contributed by atoms with Gasteiger partial charge in [-0.2, -0.15) is 0 Å². The summed E-state index contributed by atoms with van der Waals surface area (Å²) in [5.41, 5.74) is 0.712. The van der Waals surface area contributed by atoms with Crippen molar-refractivity contribution in [3.8, 4) is 0 Å². The first kappa shape index (κ1) is 17.8. The van der Waals surface area contributed by atoms with Gasteiger partial charge in [-0.3, -0.25) is 0 Å². The van der Waals surface area contributed by atoms with Crippen LogP contribution < -0.4 is 0 Å². The number of likely N-dealkylation sites (N-methyl/N-ethyl adjacent to an activating group) is 1. The Labute approximate surface area is 145 Å². The number of piperazine rings is 1. The molecule has 0 bridgehead atoms. The number of halogens is 1. The van der Waals surface area contributed by atoms with Crippen molar-refractivity contribution in [3.05, 3.63) is 35.1 Å². The van der Waals surface area contributed by atoms with Gasteiger partial charge in [-0.15, -0.1) is 0 Å². The molecule has 2 unspecified atom stereocenters. The number of hydrogen-bond acceptors (Lipinski definition) is 3. The van der Waals surface area contributed by atoms with Crippen molar-refractivity contribution >= 4 is 0 Å². The highest BCUT2D eigenvalue weighted by molar-refractivity contribution is 5.29. The zero-order chi connectivity index (χ0) is 17.2. The van der Waals surface area contributed by atoms with Crippen LogP contribution in [0.5, 0.6) is 0 Å². The molecule has 1 aliphatic heterocycles. The topological polar surface area (TPSA) is 26.7 Å². The molecule has 1 aromatic rings. The van der Waals surface area contributed by atoms with Gasteiger partial charge in [0.15, 0.2) is 0 Å². The monoisotopic (exact) mass is 334 g/mol. The summed E-state index contributed by atoms with van der Waals surface area (Å²) in [6.07, 6.45) is 5.25. The van der Waals surface area contributed by atoms with Gasteiger partial charge in [-0.25, -0.2) is 4.39 Å². The molecule has 24 heavy (non-hydrogen) atoms. The van der Waals surface area contributed by atoms with Crippen LogP contribution in [0.2, 0.25) is 0 Å². The van der Waals surface area contributed by atoms with Gasteiger partial charge < -0.3 is 14.9 Å². The van der Waals surface area contributed by atoms with Gasteiger partial charge in [0.1, 0.15) is 5.82 Å². The van der Waals surface area contributed by atoms with E-state index in [0.717, 1.165) is 57.5 Å². The van der Waals surface area contributed by atoms with E-state index >= 15 is 0 Å². The van der Waals surface area contributed by atoms with Gasteiger partial charge in [0, 0.05) is 38.6 Å². The standard InChI is InChI=1S/C20H31FN2O/c1-16-14-17(7-8-19(16)21)20(24)9-5-3-4-6-18(20)15-23-12-10-22(2)11-13-23/h7-8,14,18,24H,3-6,9-13,15H2,1-2H3. The molecule has 2 fully saturated rings. The maximum atomic E-state index is 13.7. The fourth-order valence-corrected chi connectivity index (χ4v) is 4.28. The van der Waals surface area contributed by atoms with Crippen molar-refractivity contribution in [2.45, 2.75) is 44.6 Å². The molecule has 3 rings (SSSR count). The maximum absolute atomic E-state index is 13.7.